The molecule has 2 aromatic rings. The van der Waals surface area contributed by atoms with Crippen LogP contribution in [-0.4, -0.2) is 30.0 Å². The number of carbonyl (C=O) groups excluding carboxylic acids is 1. The molecule has 2 atom stereocenters. The van der Waals surface area contributed by atoms with E-state index >= 15 is 0 Å². The standard InChI is InChI=1S/C20H20F3NO3/c21-20(22,23)27-17-11-12-24(18(13-17)16-9-5-2-6-10-16)19(25)26-14-15-7-3-1-4-8-15/h1-10,17-18H,11-14H2. The quantitative estimate of drug-likeness (QED) is 0.745. The fourth-order valence-corrected chi connectivity index (χ4v) is 3.24. The second-order valence-electron chi connectivity index (χ2n) is 6.37. The van der Waals surface area contributed by atoms with Crippen LogP contribution in [0.1, 0.15) is 30.0 Å². The number of piperidine rings is 1. The van der Waals surface area contributed by atoms with Gasteiger partial charge in [0.1, 0.15) is 6.61 Å². The molecule has 3 rings (SSSR count). The number of ether oxygens (including phenoxy) is 2. The van der Waals surface area contributed by atoms with Crippen LogP contribution in [0.2, 0.25) is 0 Å². The van der Waals surface area contributed by atoms with E-state index in [1.165, 1.54) is 4.90 Å². The van der Waals surface area contributed by atoms with Crippen LogP contribution in [0.3, 0.4) is 0 Å². The first-order chi connectivity index (χ1) is 12.9. The van der Waals surface area contributed by atoms with E-state index in [9.17, 15) is 18.0 Å². The van der Waals surface area contributed by atoms with Gasteiger partial charge in [0.2, 0.25) is 0 Å². The summed E-state index contributed by atoms with van der Waals surface area (Å²) in [6.07, 6.45) is -6.07. The Kier molecular flexibility index (Phi) is 6.01. The second-order valence-corrected chi connectivity index (χ2v) is 6.37. The molecule has 1 aliphatic rings. The minimum Gasteiger partial charge on any atom is -0.445 e. The molecule has 144 valence electrons. The zero-order valence-corrected chi connectivity index (χ0v) is 14.6. The molecule has 0 radical (unpaired) electrons. The lowest BCUT2D eigenvalue weighted by Gasteiger charge is -2.39. The molecule has 27 heavy (non-hydrogen) atoms. The van der Waals surface area contributed by atoms with Gasteiger partial charge in [-0.05, 0) is 24.0 Å². The lowest BCUT2D eigenvalue weighted by Crippen LogP contribution is -2.44. The molecule has 0 bridgehead atoms. The zero-order valence-electron chi connectivity index (χ0n) is 14.6. The Morgan fingerprint density at radius 2 is 1.67 bits per heavy atom. The van der Waals surface area contributed by atoms with Gasteiger partial charge in [-0.1, -0.05) is 60.7 Å². The monoisotopic (exact) mass is 379 g/mol. The molecule has 1 saturated heterocycles. The highest BCUT2D eigenvalue weighted by molar-refractivity contribution is 5.68. The molecule has 7 heteroatoms. The molecule has 0 N–H and O–H groups in total. The Morgan fingerprint density at radius 3 is 2.30 bits per heavy atom. The number of hydrogen-bond acceptors (Lipinski definition) is 3. The molecule has 4 nitrogen and oxygen atoms in total. The lowest BCUT2D eigenvalue weighted by molar-refractivity contribution is -0.346. The van der Waals surface area contributed by atoms with Gasteiger partial charge in [-0.3, -0.25) is 4.74 Å². The Hall–Kier alpha value is -2.54. The van der Waals surface area contributed by atoms with Gasteiger partial charge in [-0.25, -0.2) is 4.79 Å². The number of halogens is 3. The highest BCUT2D eigenvalue weighted by Crippen LogP contribution is 2.35. The van der Waals surface area contributed by atoms with Crippen molar-refractivity contribution in [1.29, 1.82) is 0 Å². The van der Waals surface area contributed by atoms with Crippen LogP contribution in [-0.2, 0) is 16.1 Å². The largest absolute Gasteiger partial charge is 0.522 e. The summed E-state index contributed by atoms with van der Waals surface area (Å²) in [5.74, 6) is 0. The predicted octanol–water partition coefficient (Wildman–Crippen LogP) is 5.07. The third kappa shape index (κ3) is 5.47. The number of likely N-dealkylation sites (tertiary alicyclic amines) is 1. The second kappa shape index (κ2) is 8.43. The summed E-state index contributed by atoms with van der Waals surface area (Å²) in [5.41, 5.74) is 1.60. The van der Waals surface area contributed by atoms with E-state index in [0.29, 0.717) is 0 Å². The Bertz CT molecular complexity index is 737. The maximum atomic E-state index is 12.6. The third-order valence-corrected chi connectivity index (χ3v) is 4.48. The number of benzene rings is 2. The van der Waals surface area contributed by atoms with Gasteiger partial charge in [-0.15, -0.1) is 13.2 Å². The van der Waals surface area contributed by atoms with Crippen molar-refractivity contribution in [1.82, 2.24) is 4.90 Å². The molecular weight excluding hydrogens is 359 g/mol. The molecular formula is C20H20F3NO3. The van der Waals surface area contributed by atoms with Crippen LogP contribution in [0.5, 0.6) is 0 Å². The average Bonchev–Trinajstić information content (AvgIpc) is 2.66. The van der Waals surface area contributed by atoms with Gasteiger partial charge in [0, 0.05) is 6.54 Å². The number of nitrogens with zero attached hydrogens (tertiary/aromatic N) is 1. The van der Waals surface area contributed by atoms with Gasteiger partial charge >= 0.3 is 12.5 Å². The first-order valence-corrected chi connectivity index (χ1v) is 8.69. The summed E-state index contributed by atoms with van der Waals surface area (Å²) in [6, 6.07) is 17.7. The molecule has 1 heterocycles. The molecule has 0 aromatic heterocycles. The molecule has 1 amide bonds. The SMILES string of the molecule is O=C(OCc1ccccc1)N1CCC(OC(F)(F)F)CC1c1ccccc1. The fourth-order valence-electron chi connectivity index (χ4n) is 3.24. The number of alkyl halides is 3. The molecule has 1 fully saturated rings. The van der Waals surface area contributed by atoms with Crippen LogP contribution in [0.15, 0.2) is 60.7 Å². The highest BCUT2D eigenvalue weighted by Gasteiger charge is 2.40. The minimum absolute atomic E-state index is 0.0595. The lowest BCUT2D eigenvalue weighted by atomic mass is 9.93. The Morgan fingerprint density at radius 1 is 1.04 bits per heavy atom. The minimum atomic E-state index is -4.69. The van der Waals surface area contributed by atoms with E-state index in [-0.39, 0.29) is 26.0 Å². The molecule has 0 spiro atoms. The molecule has 1 aliphatic heterocycles. The summed E-state index contributed by atoms with van der Waals surface area (Å²) in [7, 11) is 0. The number of rotatable bonds is 4. The predicted molar refractivity (Wildman–Crippen MR) is 92.7 cm³/mol. The first kappa shape index (κ1) is 19.2. The Labute approximate surface area is 155 Å². The van der Waals surface area contributed by atoms with Gasteiger partial charge in [0.15, 0.2) is 0 Å². The van der Waals surface area contributed by atoms with Gasteiger partial charge in [0.05, 0.1) is 12.1 Å². The van der Waals surface area contributed by atoms with Crippen LogP contribution < -0.4 is 0 Å². The van der Waals surface area contributed by atoms with E-state index in [2.05, 4.69) is 4.74 Å². The van der Waals surface area contributed by atoms with E-state index < -0.39 is 24.6 Å². The smallest absolute Gasteiger partial charge is 0.445 e. The van der Waals surface area contributed by atoms with Crippen LogP contribution in [0.25, 0.3) is 0 Å². The van der Waals surface area contributed by atoms with E-state index in [0.717, 1.165) is 11.1 Å². The number of amides is 1. The Balaban J connectivity index is 1.71. The van der Waals surface area contributed by atoms with Crippen molar-refractivity contribution in [2.24, 2.45) is 0 Å². The summed E-state index contributed by atoms with van der Waals surface area (Å²) < 4.78 is 47.4. The van der Waals surface area contributed by atoms with Crippen molar-refractivity contribution >= 4 is 6.09 Å². The summed E-state index contributed by atoms with van der Waals surface area (Å²) in [4.78, 5) is 14.1. The number of hydrogen-bond donors (Lipinski definition) is 0. The van der Waals surface area contributed by atoms with Crippen molar-refractivity contribution in [2.75, 3.05) is 6.54 Å². The third-order valence-electron chi connectivity index (χ3n) is 4.48. The summed E-state index contributed by atoms with van der Waals surface area (Å²) >= 11 is 0. The molecule has 0 aliphatic carbocycles. The normalized spacial score (nSPS) is 20.3. The van der Waals surface area contributed by atoms with Gasteiger partial charge in [0.25, 0.3) is 0 Å². The van der Waals surface area contributed by atoms with Gasteiger partial charge in [-0.2, -0.15) is 0 Å². The van der Waals surface area contributed by atoms with Crippen LogP contribution in [0, 0.1) is 0 Å². The van der Waals surface area contributed by atoms with Crippen LogP contribution in [0.4, 0.5) is 18.0 Å². The van der Waals surface area contributed by atoms with Crippen molar-refractivity contribution in [3.8, 4) is 0 Å². The van der Waals surface area contributed by atoms with Crippen LogP contribution >= 0.6 is 0 Å². The molecule has 2 unspecified atom stereocenters. The maximum absolute atomic E-state index is 12.6. The highest BCUT2D eigenvalue weighted by atomic mass is 19.4. The van der Waals surface area contributed by atoms with E-state index in [1.807, 2.05) is 36.4 Å². The summed E-state index contributed by atoms with van der Waals surface area (Å²) in [5, 5.41) is 0. The molecule has 0 saturated carbocycles. The van der Waals surface area contributed by atoms with Crippen molar-refractivity contribution in [2.45, 2.75) is 38.0 Å². The van der Waals surface area contributed by atoms with E-state index in [4.69, 9.17) is 4.74 Å². The zero-order chi connectivity index (χ0) is 19.3. The average molecular weight is 379 g/mol. The molecule has 2 aromatic carbocycles. The fraction of sp³-hybridized carbons (Fsp3) is 0.350. The maximum Gasteiger partial charge on any atom is 0.522 e. The van der Waals surface area contributed by atoms with Crippen molar-refractivity contribution < 1.29 is 27.4 Å². The van der Waals surface area contributed by atoms with Crippen molar-refractivity contribution in [3.63, 3.8) is 0 Å². The topological polar surface area (TPSA) is 38.8 Å². The van der Waals surface area contributed by atoms with E-state index in [1.54, 1.807) is 24.3 Å². The van der Waals surface area contributed by atoms with Crippen molar-refractivity contribution in [3.05, 3.63) is 71.8 Å². The van der Waals surface area contributed by atoms with Gasteiger partial charge < -0.3 is 9.64 Å². The number of carbonyl (C=O) groups is 1. The first-order valence-electron chi connectivity index (χ1n) is 8.69. The summed E-state index contributed by atoms with van der Waals surface area (Å²) in [6.45, 7) is 0.244.